The van der Waals surface area contributed by atoms with E-state index in [0.717, 1.165) is 32.5 Å². The lowest BCUT2D eigenvalue weighted by Gasteiger charge is -2.47. The van der Waals surface area contributed by atoms with Crippen LogP contribution < -0.4 is 5.32 Å². The van der Waals surface area contributed by atoms with Crippen LogP contribution >= 0.6 is 0 Å². The van der Waals surface area contributed by atoms with Crippen LogP contribution in [0.25, 0.3) is 0 Å². The molecule has 1 aromatic rings. The third-order valence-electron chi connectivity index (χ3n) is 6.18. The molecule has 1 aliphatic heterocycles. The van der Waals surface area contributed by atoms with Crippen LogP contribution in [0, 0.1) is 18.3 Å². The van der Waals surface area contributed by atoms with E-state index in [4.69, 9.17) is 5.10 Å². The molecule has 1 aromatic heterocycles. The number of nitrogens with zero attached hydrogens (tertiary/aromatic N) is 2. The summed E-state index contributed by atoms with van der Waals surface area (Å²) < 4.78 is 2.32. The largest absolute Gasteiger partial charge is 0.393 e. The first-order chi connectivity index (χ1) is 10.2. The third-order valence-corrected chi connectivity index (χ3v) is 6.18. The second-order valence-corrected chi connectivity index (χ2v) is 7.56. The molecule has 2 N–H and O–H groups in total. The fourth-order valence-electron chi connectivity index (χ4n) is 5.01. The van der Waals surface area contributed by atoms with Gasteiger partial charge >= 0.3 is 0 Å². The van der Waals surface area contributed by atoms with E-state index in [2.05, 4.69) is 16.9 Å². The standard InChI is InChI=1S/C17H27N3O/c1-12-14-10-18-8-5-15(14)20(19-12)11-17-6-2-3-13(9-17)16(21)4-7-17/h13,16,18,21H,2-11H2,1H3. The number of hydrogen-bond donors (Lipinski definition) is 2. The van der Waals surface area contributed by atoms with Gasteiger partial charge in [0.05, 0.1) is 11.8 Å². The first-order valence-corrected chi connectivity index (χ1v) is 8.61. The predicted octanol–water partition coefficient (Wildman–Crippen LogP) is 2.17. The molecule has 4 nitrogen and oxygen atoms in total. The molecule has 2 fully saturated rings. The fourth-order valence-corrected chi connectivity index (χ4v) is 5.01. The van der Waals surface area contributed by atoms with E-state index in [1.165, 1.54) is 49.1 Å². The summed E-state index contributed by atoms with van der Waals surface area (Å²) in [6.45, 7) is 5.28. The first-order valence-electron chi connectivity index (χ1n) is 8.61. The number of rotatable bonds is 2. The molecule has 4 rings (SSSR count). The van der Waals surface area contributed by atoms with Gasteiger partial charge in [0.1, 0.15) is 0 Å². The minimum Gasteiger partial charge on any atom is -0.393 e. The average Bonchev–Trinajstić information content (AvgIpc) is 2.81. The van der Waals surface area contributed by atoms with Gasteiger partial charge in [0.25, 0.3) is 0 Å². The van der Waals surface area contributed by atoms with Gasteiger partial charge in [-0.15, -0.1) is 0 Å². The van der Waals surface area contributed by atoms with Crippen LogP contribution in [0.15, 0.2) is 0 Å². The van der Waals surface area contributed by atoms with Gasteiger partial charge in [-0.2, -0.15) is 5.10 Å². The van der Waals surface area contributed by atoms with Gasteiger partial charge in [0.15, 0.2) is 0 Å². The van der Waals surface area contributed by atoms with Crippen molar-refractivity contribution in [1.82, 2.24) is 15.1 Å². The molecular formula is C17H27N3O. The number of hydrogen-bond acceptors (Lipinski definition) is 3. The van der Waals surface area contributed by atoms with E-state index in [1.54, 1.807) is 0 Å². The van der Waals surface area contributed by atoms with Gasteiger partial charge in [-0.05, 0) is 50.4 Å². The molecule has 2 aliphatic carbocycles. The molecule has 0 radical (unpaired) electrons. The van der Waals surface area contributed by atoms with Crippen molar-refractivity contribution in [3.8, 4) is 0 Å². The third kappa shape index (κ3) is 2.33. The Morgan fingerprint density at radius 2 is 2.29 bits per heavy atom. The maximum atomic E-state index is 10.2. The van der Waals surface area contributed by atoms with E-state index in [-0.39, 0.29) is 6.10 Å². The van der Waals surface area contributed by atoms with Crippen molar-refractivity contribution < 1.29 is 5.11 Å². The maximum absolute atomic E-state index is 10.2. The van der Waals surface area contributed by atoms with Crippen molar-refractivity contribution in [1.29, 1.82) is 0 Å². The Hall–Kier alpha value is -0.870. The molecule has 0 spiro atoms. The number of aliphatic hydroxyl groups excluding tert-OH is 1. The summed E-state index contributed by atoms with van der Waals surface area (Å²) in [4.78, 5) is 0. The molecule has 2 saturated carbocycles. The summed E-state index contributed by atoms with van der Waals surface area (Å²) in [5.74, 6) is 0.543. The van der Waals surface area contributed by atoms with Crippen LogP contribution in [0.4, 0.5) is 0 Å². The zero-order chi connectivity index (χ0) is 14.4. The summed E-state index contributed by atoms with van der Waals surface area (Å²) in [5.41, 5.74) is 4.51. The number of nitrogens with one attached hydrogen (secondary N) is 1. The van der Waals surface area contributed by atoms with Crippen LogP contribution in [0.3, 0.4) is 0 Å². The smallest absolute Gasteiger partial charge is 0.0641 e. The molecule has 21 heavy (non-hydrogen) atoms. The molecule has 4 heteroatoms. The number of aryl methyl sites for hydroxylation is 1. The average molecular weight is 289 g/mol. The molecule has 0 amide bonds. The zero-order valence-electron chi connectivity index (χ0n) is 13.1. The Morgan fingerprint density at radius 3 is 3.19 bits per heavy atom. The SMILES string of the molecule is Cc1nn(CC23CCCC(C2)C(O)CC3)c2c1CNCC2. The number of fused-ring (bicyclic) bond motifs is 3. The second kappa shape index (κ2) is 5.10. The molecule has 0 aromatic carbocycles. The summed E-state index contributed by atoms with van der Waals surface area (Å²) in [6.07, 6.45) is 8.27. The van der Waals surface area contributed by atoms with E-state index in [9.17, 15) is 5.11 Å². The highest BCUT2D eigenvalue weighted by Crippen LogP contribution is 2.50. The Morgan fingerprint density at radius 1 is 1.38 bits per heavy atom. The predicted molar refractivity (Wildman–Crippen MR) is 82.0 cm³/mol. The molecule has 3 aliphatic rings. The summed E-state index contributed by atoms with van der Waals surface area (Å²) in [5, 5.41) is 18.5. The molecule has 116 valence electrons. The lowest BCUT2D eigenvalue weighted by molar-refractivity contribution is -0.0351. The normalized spacial score (nSPS) is 35.5. The lowest BCUT2D eigenvalue weighted by atomic mass is 9.61. The van der Waals surface area contributed by atoms with Gasteiger partial charge < -0.3 is 10.4 Å². The minimum absolute atomic E-state index is 0.0455. The highest BCUT2D eigenvalue weighted by molar-refractivity contribution is 5.27. The quantitative estimate of drug-likeness (QED) is 0.877. The van der Waals surface area contributed by atoms with Gasteiger partial charge in [0.2, 0.25) is 0 Å². The van der Waals surface area contributed by atoms with E-state index < -0.39 is 0 Å². The minimum atomic E-state index is -0.0455. The van der Waals surface area contributed by atoms with Gasteiger partial charge in [-0.25, -0.2) is 0 Å². The molecule has 2 bridgehead atoms. The van der Waals surface area contributed by atoms with E-state index in [0.29, 0.717) is 11.3 Å². The van der Waals surface area contributed by atoms with E-state index >= 15 is 0 Å². The molecule has 3 atom stereocenters. The summed E-state index contributed by atoms with van der Waals surface area (Å²) in [7, 11) is 0. The summed E-state index contributed by atoms with van der Waals surface area (Å²) in [6, 6.07) is 0. The van der Waals surface area contributed by atoms with Crippen molar-refractivity contribution >= 4 is 0 Å². The molecule has 3 unspecified atom stereocenters. The highest BCUT2D eigenvalue weighted by Gasteiger charge is 2.43. The molecule has 2 heterocycles. The second-order valence-electron chi connectivity index (χ2n) is 7.56. The molecule has 0 saturated heterocycles. The Balaban J connectivity index is 1.61. The van der Waals surface area contributed by atoms with Crippen molar-refractivity contribution in [3.05, 3.63) is 17.0 Å². The van der Waals surface area contributed by atoms with E-state index in [1.807, 2.05) is 0 Å². The van der Waals surface area contributed by atoms with Crippen LogP contribution in [-0.4, -0.2) is 27.5 Å². The van der Waals surface area contributed by atoms with Gasteiger partial charge in [0, 0.05) is 37.3 Å². The van der Waals surface area contributed by atoms with Crippen LogP contribution in [0.1, 0.15) is 55.5 Å². The lowest BCUT2D eigenvalue weighted by Crippen LogP contribution is -2.43. The van der Waals surface area contributed by atoms with Crippen molar-refractivity contribution in [3.63, 3.8) is 0 Å². The Kier molecular flexibility index (Phi) is 3.34. The first kappa shape index (κ1) is 13.8. The highest BCUT2D eigenvalue weighted by atomic mass is 16.3. The van der Waals surface area contributed by atoms with Crippen molar-refractivity contribution in [2.75, 3.05) is 6.54 Å². The Bertz CT molecular complexity index is 538. The van der Waals surface area contributed by atoms with Crippen LogP contribution in [0.2, 0.25) is 0 Å². The van der Waals surface area contributed by atoms with Crippen LogP contribution in [-0.2, 0) is 19.5 Å². The number of aliphatic hydroxyl groups is 1. The topological polar surface area (TPSA) is 50.1 Å². The Labute approximate surface area is 126 Å². The van der Waals surface area contributed by atoms with Crippen LogP contribution in [0.5, 0.6) is 0 Å². The zero-order valence-corrected chi connectivity index (χ0v) is 13.1. The number of aromatic nitrogens is 2. The van der Waals surface area contributed by atoms with Crippen molar-refractivity contribution in [2.45, 2.75) is 71.1 Å². The summed E-state index contributed by atoms with van der Waals surface area (Å²) >= 11 is 0. The van der Waals surface area contributed by atoms with Gasteiger partial charge in [-0.1, -0.05) is 6.42 Å². The fraction of sp³-hybridized carbons (Fsp3) is 0.824. The monoisotopic (exact) mass is 289 g/mol. The van der Waals surface area contributed by atoms with Crippen molar-refractivity contribution in [2.24, 2.45) is 11.3 Å². The maximum Gasteiger partial charge on any atom is 0.0641 e. The molecular weight excluding hydrogens is 262 g/mol. The van der Waals surface area contributed by atoms with Gasteiger partial charge in [-0.3, -0.25) is 4.68 Å².